The number of nitrogens with one attached hydrogen (secondary N) is 1. The standard InChI is InChI=1S/C22H30N2O2S/c1-2-26-21(25)16-8-3-4-11-17-24-22(18-12-6-5-7-13-18)19-14-9-10-15-20(19)27-23/h5-7,9-10,12-15,22,24H,2-4,8,11,16-17,23H2,1H3. The van der Waals surface area contributed by atoms with Gasteiger partial charge in [0.05, 0.1) is 12.6 Å². The van der Waals surface area contributed by atoms with Crippen LogP contribution >= 0.6 is 11.9 Å². The van der Waals surface area contributed by atoms with Gasteiger partial charge in [-0.2, -0.15) is 0 Å². The lowest BCUT2D eigenvalue weighted by Gasteiger charge is -2.22. The van der Waals surface area contributed by atoms with E-state index in [1.807, 2.05) is 19.1 Å². The molecule has 2 aromatic rings. The summed E-state index contributed by atoms with van der Waals surface area (Å²) in [6.07, 6.45) is 4.64. The van der Waals surface area contributed by atoms with Crippen LogP contribution in [0.2, 0.25) is 0 Å². The molecule has 4 nitrogen and oxygen atoms in total. The summed E-state index contributed by atoms with van der Waals surface area (Å²) in [5, 5.41) is 9.56. The van der Waals surface area contributed by atoms with Crippen molar-refractivity contribution in [2.45, 2.75) is 50.0 Å². The Labute approximate surface area is 167 Å². The van der Waals surface area contributed by atoms with Gasteiger partial charge in [0.1, 0.15) is 0 Å². The second kappa shape index (κ2) is 12.5. The minimum absolute atomic E-state index is 0.0874. The van der Waals surface area contributed by atoms with Crippen LogP contribution in [0.3, 0.4) is 0 Å². The third-order valence-corrected chi connectivity index (χ3v) is 5.08. The Morgan fingerprint density at radius 1 is 1.04 bits per heavy atom. The highest BCUT2D eigenvalue weighted by molar-refractivity contribution is 7.97. The molecule has 0 aliphatic heterocycles. The number of hydrogen-bond donors (Lipinski definition) is 2. The van der Waals surface area contributed by atoms with E-state index in [2.05, 4.69) is 47.8 Å². The minimum Gasteiger partial charge on any atom is -0.466 e. The van der Waals surface area contributed by atoms with E-state index in [4.69, 9.17) is 9.88 Å². The molecule has 0 radical (unpaired) electrons. The molecule has 0 aromatic heterocycles. The Kier molecular flexibility index (Phi) is 9.98. The number of carbonyl (C=O) groups is 1. The van der Waals surface area contributed by atoms with Crippen molar-refractivity contribution in [1.29, 1.82) is 0 Å². The third kappa shape index (κ3) is 7.37. The summed E-state index contributed by atoms with van der Waals surface area (Å²) in [6.45, 7) is 3.22. The van der Waals surface area contributed by atoms with E-state index in [1.54, 1.807) is 0 Å². The molecule has 0 aliphatic rings. The van der Waals surface area contributed by atoms with Gasteiger partial charge in [0, 0.05) is 11.3 Å². The fourth-order valence-electron chi connectivity index (χ4n) is 3.11. The van der Waals surface area contributed by atoms with Crippen LogP contribution in [-0.4, -0.2) is 19.1 Å². The molecule has 0 bridgehead atoms. The second-order valence-corrected chi connectivity index (χ2v) is 7.10. The summed E-state index contributed by atoms with van der Waals surface area (Å²) in [7, 11) is 0. The van der Waals surface area contributed by atoms with Crippen LogP contribution in [0.15, 0.2) is 59.5 Å². The highest BCUT2D eigenvalue weighted by atomic mass is 32.2. The number of esters is 1. The number of nitrogens with two attached hydrogens (primary N) is 1. The molecule has 2 aromatic carbocycles. The first-order valence-electron chi connectivity index (χ1n) is 9.66. The van der Waals surface area contributed by atoms with Gasteiger partial charge in [-0.25, -0.2) is 0 Å². The molecule has 0 heterocycles. The molecule has 146 valence electrons. The SMILES string of the molecule is CCOC(=O)CCCCCCNC(c1ccccc1)c1ccccc1SN. The average molecular weight is 387 g/mol. The van der Waals surface area contributed by atoms with Crippen molar-refractivity contribution in [3.63, 3.8) is 0 Å². The molecule has 0 saturated carbocycles. The summed E-state index contributed by atoms with van der Waals surface area (Å²) in [5.41, 5.74) is 2.44. The molecule has 1 unspecified atom stereocenters. The smallest absolute Gasteiger partial charge is 0.305 e. The Morgan fingerprint density at radius 3 is 2.48 bits per heavy atom. The molecule has 0 aliphatic carbocycles. The first-order valence-corrected chi connectivity index (χ1v) is 10.5. The largest absolute Gasteiger partial charge is 0.466 e. The summed E-state index contributed by atoms with van der Waals surface area (Å²) >= 11 is 1.29. The van der Waals surface area contributed by atoms with Crippen LogP contribution in [0.5, 0.6) is 0 Å². The molecule has 5 heteroatoms. The first-order chi connectivity index (χ1) is 13.3. The predicted molar refractivity (Wildman–Crippen MR) is 112 cm³/mol. The average Bonchev–Trinajstić information content (AvgIpc) is 2.71. The van der Waals surface area contributed by atoms with Gasteiger partial charge < -0.3 is 10.1 Å². The molecular weight excluding hydrogens is 356 g/mol. The number of carbonyl (C=O) groups excluding carboxylic acids is 1. The molecule has 27 heavy (non-hydrogen) atoms. The van der Waals surface area contributed by atoms with Crippen LogP contribution in [0.4, 0.5) is 0 Å². The van der Waals surface area contributed by atoms with Gasteiger partial charge in [0.25, 0.3) is 0 Å². The second-order valence-electron chi connectivity index (χ2n) is 6.42. The topological polar surface area (TPSA) is 64.3 Å². The fourth-order valence-corrected chi connectivity index (χ4v) is 3.59. The van der Waals surface area contributed by atoms with Gasteiger partial charge in [-0.05, 0) is 55.5 Å². The maximum Gasteiger partial charge on any atom is 0.305 e. The van der Waals surface area contributed by atoms with Crippen molar-refractivity contribution in [1.82, 2.24) is 5.32 Å². The minimum atomic E-state index is -0.0874. The van der Waals surface area contributed by atoms with E-state index in [0.29, 0.717) is 13.0 Å². The van der Waals surface area contributed by atoms with E-state index in [0.717, 1.165) is 37.1 Å². The normalized spacial score (nSPS) is 11.9. The Balaban J connectivity index is 1.86. The van der Waals surface area contributed by atoms with Crippen LogP contribution in [0, 0.1) is 0 Å². The summed E-state index contributed by atoms with van der Waals surface area (Å²) in [5.74, 6) is -0.0874. The van der Waals surface area contributed by atoms with E-state index in [-0.39, 0.29) is 12.0 Å². The molecule has 2 rings (SSSR count). The Morgan fingerprint density at radius 2 is 1.74 bits per heavy atom. The van der Waals surface area contributed by atoms with E-state index >= 15 is 0 Å². The van der Waals surface area contributed by atoms with Gasteiger partial charge in [-0.1, -0.05) is 61.4 Å². The maximum absolute atomic E-state index is 11.3. The van der Waals surface area contributed by atoms with Crippen LogP contribution < -0.4 is 10.5 Å². The lowest BCUT2D eigenvalue weighted by atomic mass is 9.98. The predicted octanol–water partition coefficient (Wildman–Crippen LogP) is 4.85. The first kappa shape index (κ1) is 21.5. The van der Waals surface area contributed by atoms with Crippen molar-refractivity contribution in [3.05, 3.63) is 65.7 Å². The summed E-state index contributed by atoms with van der Waals surface area (Å²) in [6, 6.07) is 18.9. The van der Waals surface area contributed by atoms with Gasteiger partial charge >= 0.3 is 5.97 Å². The maximum atomic E-state index is 11.3. The molecule has 0 fully saturated rings. The van der Waals surface area contributed by atoms with Gasteiger partial charge in [0.2, 0.25) is 0 Å². The third-order valence-electron chi connectivity index (χ3n) is 4.45. The van der Waals surface area contributed by atoms with Gasteiger partial charge in [0.15, 0.2) is 0 Å². The molecule has 1 atom stereocenters. The Bertz CT molecular complexity index is 679. The lowest BCUT2D eigenvalue weighted by molar-refractivity contribution is -0.143. The summed E-state index contributed by atoms with van der Waals surface area (Å²) in [4.78, 5) is 12.4. The number of benzene rings is 2. The molecular formula is C22H30N2O2S. The molecule has 0 spiro atoms. The monoisotopic (exact) mass is 386 g/mol. The van der Waals surface area contributed by atoms with Crippen LogP contribution in [0.1, 0.15) is 56.2 Å². The van der Waals surface area contributed by atoms with E-state index < -0.39 is 0 Å². The van der Waals surface area contributed by atoms with Crippen molar-refractivity contribution in [3.8, 4) is 0 Å². The van der Waals surface area contributed by atoms with Crippen molar-refractivity contribution in [2.75, 3.05) is 13.2 Å². The highest BCUT2D eigenvalue weighted by Gasteiger charge is 2.16. The zero-order valence-electron chi connectivity index (χ0n) is 16.0. The highest BCUT2D eigenvalue weighted by Crippen LogP contribution is 2.29. The summed E-state index contributed by atoms with van der Waals surface area (Å²) < 4.78 is 4.96. The van der Waals surface area contributed by atoms with Gasteiger partial charge in [-0.3, -0.25) is 9.93 Å². The lowest BCUT2D eigenvalue weighted by Crippen LogP contribution is -2.24. The number of hydrogen-bond acceptors (Lipinski definition) is 5. The van der Waals surface area contributed by atoms with Gasteiger partial charge in [-0.15, -0.1) is 0 Å². The number of ether oxygens (including phenoxy) is 1. The zero-order chi connectivity index (χ0) is 19.3. The quantitative estimate of drug-likeness (QED) is 0.310. The Hall–Kier alpha value is -1.82. The van der Waals surface area contributed by atoms with Crippen LogP contribution in [0.25, 0.3) is 0 Å². The van der Waals surface area contributed by atoms with E-state index in [1.165, 1.54) is 23.1 Å². The molecule has 0 saturated heterocycles. The van der Waals surface area contributed by atoms with Crippen molar-refractivity contribution >= 4 is 17.9 Å². The molecule has 3 N–H and O–H groups in total. The van der Waals surface area contributed by atoms with Crippen molar-refractivity contribution in [2.24, 2.45) is 5.14 Å². The number of unbranched alkanes of at least 4 members (excludes halogenated alkanes) is 3. The fraction of sp³-hybridized carbons (Fsp3) is 0.409. The number of rotatable bonds is 12. The van der Waals surface area contributed by atoms with Crippen LogP contribution in [-0.2, 0) is 9.53 Å². The molecule has 0 amide bonds. The van der Waals surface area contributed by atoms with E-state index in [9.17, 15) is 4.79 Å². The van der Waals surface area contributed by atoms with Crippen molar-refractivity contribution < 1.29 is 9.53 Å². The zero-order valence-corrected chi connectivity index (χ0v) is 16.8.